The van der Waals surface area contributed by atoms with E-state index in [1.807, 2.05) is 4.90 Å². The summed E-state index contributed by atoms with van der Waals surface area (Å²) in [7, 11) is 0. The van der Waals surface area contributed by atoms with Crippen LogP contribution >= 0.6 is 0 Å². The molecule has 27 heavy (non-hydrogen) atoms. The molecule has 4 heterocycles. The molecule has 0 aromatic carbocycles. The number of nitrogens with one attached hydrogen (secondary N) is 1. The predicted octanol–water partition coefficient (Wildman–Crippen LogP) is 3.29. The van der Waals surface area contributed by atoms with E-state index in [2.05, 4.69) is 26.3 Å². The largest absolute Gasteiger partial charge is 0.418 e. The first-order valence-electron chi connectivity index (χ1n) is 9.00. The van der Waals surface area contributed by atoms with Crippen LogP contribution < -0.4 is 10.2 Å². The van der Waals surface area contributed by atoms with Gasteiger partial charge in [0.1, 0.15) is 5.69 Å². The van der Waals surface area contributed by atoms with Crippen LogP contribution in [0.25, 0.3) is 6.08 Å². The number of alkyl halides is 3. The molecule has 0 atom stereocenters. The summed E-state index contributed by atoms with van der Waals surface area (Å²) in [5.74, 6) is 1.02. The van der Waals surface area contributed by atoms with Crippen molar-refractivity contribution in [2.45, 2.75) is 25.6 Å². The maximum atomic E-state index is 13.4. The number of rotatable bonds is 3. The summed E-state index contributed by atoms with van der Waals surface area (Å²) in [6, 6.07) is 2.39. The van der Waals surface area contributed by atoms with Crippen molar-refractivity contribution in [1.82, 2.24) is 20.3 Å². The Labute approximate surface area is 155 Å². The SMILES string of the molecule is FC(F)(F)c1cccnc1CN1CC(C2CCNCC2)=Cc2nccnc21. The molecule has 2 aromatic heterocycles. The van der Waals surface area contributed by atoms with Gasteiger partial charge in [-0.05, 0) is 55.6 Å². The highest BCUT2D eigenvalue weighted by Crippen LogP contribution is 2.35. The van der Waals surface area contributed by atoms with E-state index in [0.29, 0.717) is 24.0 Å². The van der Waals surface area contributed by atoms with Crippen LogP contribution in [0.1, 0.15) is 29.8 Å². The Morgan fingerprint density at radius 2 is 1.85 bits per heavy atom. The van der Waals surface area contributed by atoms with Crippen LogP contribution in [-0.4, -0.2) is 34.6 Å². The van der Waals surface area contributed by atoms with E-state index in [9.17, 15) is 13.2 Å². The molecular weight excluding hydrogens is 355 g/mol. The molecule has 4 rings (SSSR count). The monoisotopic (exact) mass is 375 g/mol. The van der Waals surface area contributed by atoms with Crippen LogP contribution in [0.15, 0.2) is 36.3 Å². The van der Waals surface area contributed by atoms with Crippen molar-refractivity contribution >= 4 is 11.9 Å². The van der Waals surface area contributed by atoms with Crippen LogP contribution in [0.4, 0.5) is 19.0 Å². The quantitative estimate of drug-likeness (QED) is 0.892. The molecule has 0 saturated carbocycles. The van der Waals surface area contributed by atoms with Crippen molar-refractivity contribution in [1.29, 1.82) is 0 Å². The first-order chi connectivity index (χ1) is 13.0. The molecule has 0 radical (unpaired) electrons. The Balaban J connectivity index is 1.66. The number of piperidine rings is 1. The van der Waals surface area contributed by atoms with E-state index in [1.54, 1.807) is 12.4 Å². The fraction of sp³-hybridized carbons (Fsp3) is 0.421. The van der Waals surface area contributed by atoms with Crippen molar-refractivity contribution in [2.24, 2.45) is 5.92 Å². The fourth-order valence-corrected chi connectivity index (χ4v) is 3.78. The van der Waals surface area contributed by atoms with Crippen molar-refractivity contribution < 1.29 is 13.2 Å². The smallest absolute Gasteiger partial charge is 0.345 e. The molecule has 0 spiro atoms. The summed E-state index contributed by atoms with van der Waals surface area (Å²) < 4.78 is 40.1. The van der Waals surface area contributed by atoms with Crippen LogP contribution in [0, 0.1) is 5.92 Å². The van der Waals surface area contributed by atoms with E-state index < -0.39 is 11.7 Å². The minimum Gasteiger partial charge on any atom is -0.345 e. The van der Waals surface area contributed by atoms with Gasteiger partial charge >= 0.3 is 6.18 Å². The lowest BCUT2D eigenvalue weighted by atomic mass is 9.87. The van der Waals surface area contributed by atoms with E-state index in [1.165, 1.54) is 17.8 Å². The van der Waals surface area contributed by atoms with Crippen molar-refractivity contribution in [2.75, 3.05) is 24.5 Å². The second-order valence-corrected chi connectivity index (χ2v) is 6.86. The average molecular weight is 375 g/mol. The van der Waals surface area contributed by atoms with E-state index in [4.69, 9.17) is 0 Å². The number of hydrogen-bond donors (Lipinski definition) is 1. The normalized spacial score (nSPS) is 18.2. The Hall–Kier alpha value is -2.48. The summed E-state index contributed by atoms with van der Waals surface area (Å²) in [4.78, 5) is 14.6. The van der Waals surface area contributed by atoms with Crippen molar-refractivity contribution in [3.8, 4) is 0 Å². The minimum absolute atomic E-state index is 0.00756. The number of nitrogens with zero attached hydrogens (tertiary/aromatic N) is 4. The summed E-state index contributed by atoms with van der Waals surface area (Å²) in [5, 5.41) is 3.34. The third-order valence-electron chi connectivity index (χ3n) is 5.10. The number of anilines is 1. The van der Waals surface area contributed by atoms with Gasteiger partial charge in [0.05, 0.1) is 17.8 Å². The Bertz CT molecular complexity index is 843. The fourth-order valence-electron chi connectivity index (χ4n) is 3.78. The lowest BCUT2D eigenvalue weighted by Gasteiger charge is -2.34. The molecule has 0 bridgehead atoms. The summed E-state index contributed by atoms with van der Waals surface area (Å²) in [6.07, 6.45) is 4.24. The van der Waals surface area contributed by atoms with Gasteiger partial charge in [0.25, 0.3) is 0 Å². The minimum atomic E-state index is -4.43. The van der Waals surface area contributed by atoms with E-state index >= 15 is 0 Å². The molecule has 142 valence electrons. The van der Waals surface area contributed by atoms with Gasteiger partial charge in [-0.15, -0.1) is 0 Å². The lowest BCUT2D eigenvalue weighted by Crippen LogP contribution is -2.36. The number of aromatic nitrogens is 3. The standard InChI is InChI=1S/C19H20F3N5/c20-19(21,22)15-2-1-5-24-17(15)12-27-11-14(13-3-6-23-7-4-13)10-16-18(27)26-9-8-25-16/h1-2,5,8-10,13,23H,3-4,6-7,11-12H2. The molecule has 2 aliphatic rings. The van der Waals surface area contributed by atoms with Gasteiger partial charge in [0, 0.05) is 25.1 Å². The van der Waals surface area contributed by atoms with Gasteiger partial charge < -0.3 is 10.2 Å². The zero-order valence-electron chi connectivity index (χ0n) is 14.7. The zero-order valence-corrected chi connectivity index (χ0v) is 14.7. The highest BCUT2D eigenvalue weighted by Gasteiger charge is 2.35. The van der Waals surface area contributed by atoms with Crippen molar-refractivity contribution in [3.63, 3.8) is 0 Å². The molecule has 0 amide bonds. The molecule has 1 fully saturated rings. The molecular formula is C19H20F3N5. The Morgan fingerprint density at radius 1 is 1.07 bits per heavy atom. The zero-order chi connectivity index (χ0) is 18.9. The van der Waals surface area contributed by atoms with Gasteiger partial charge in [-0.25, -0.2) is 4.98 Å². The third-order valence-corrected chi connectivity index (χ3v) is 5.10. The molecule has 2 aliphatic heterocycles. The first-order valence-corrected chi connectivity index (χ1v) is 9.00. The van der Waals surface area contributed by atoms with Crippen LogP contribution in [-0.2, 0) is 12.7 Å². The van der Waals surface area contributed by atoms with Crippen molar-refractivity contribution in [3.05, 3.63) is 53.2 Å². The molecule has 8 heteroatoms. The summed E-state index contributed by atoms with van der Waals surface area (Å²) in [6.45, 7) is 2.50. The van der Waals surface area contributed by atoms with E-state index in [0.717, 1.165) is 32.0 Å². The highest BCUT2D eigenvalue weighted by molar-refractivity contribution is 5.67. The first kappa shape index (κ1) is 17.9. The maximum absolute atomic E-state index is 13.4. The number of fused-ring (bicyclic) bond motifs is 1. The average Bonchev–Trinajstić information content (AvgIpc) is 2.68. The molecule has 0 unspecified atom stereocenters. The maximum Gasteiger partial charge on any atom is 0.418 e. The second-order valence-electron chi connectivity index (χ2n) is 6.86. The highest BCUT2D eigenvalue weighted by atomic mass is 19.4. The Morgan fingerprint density at radius 3 is 2.63 bits per heavy atom. The van der Waals surface area contributed by atoms with Gasteiger partial charge in [-0.3, -0.25) is 9.97 Å². The Kier molecular flexibility index (Phi) is 4.82. The van der Waals surface area contributed by atoms with Crippen LogP contribution in [0.3, 0.4) is 0 Å². The number of halogens is 3. The molecule has 1 N–H and O–H groups in total. The summed E-state index contributed by atoms with van der Waals surface area (Å²) >= 11 is 0. The van der Waals surface area contributed by atoms with Gasteiger partial charge in [0.15, 0.2) is 5.82 Å². The lowest BCUT2D eigenvalue weighted by molar-refractivity contribution is -0.138. The molecule has 0 aliphatic carbocycles. The van der Waals surface area contributed by atoms with Gasteiger partial charge in [-0.2, -0.15) is 13.2 Å². The topological polar surface area (TPSA) is 53.9 Å². The van der Waals surface area contributed by atoms with Crippen LogP contribution in [0.2, 0.25) is 0 Å². The van der Waals surface area contributed by atoms with Gasteiger partial charge in [-0.1, -0.05) is 0 Å². The van der Waals surface area contributed by atoms with E-state index in [-0.39, 0.29) is 12.2 Å². The molecule has 5 nitrogen and oxygen atoms in total. The predicted molar refractivity (Wildman–Crippen MR) is 95.9 cm³/mol. The molecule has 1 saturated heterocycles. The second kappa shape index (κ2) is 7.26. The third kappa shape index (κ3) is 3.80. The molecule has 2 aromatic rings. The number of hydrogen-bond acceptors (Lipinski definition) is 5. The van der Waals surface area contributed by atoms with Gasteiger partial charge in [0.2, 0.25) is 0 Å². The number of pyridine rings is 1. The summed E-state index contributed by atoms with van der Waals surface area (Å²) in [5.41, 5.74) is 1.22. The van der Waals surface area contributed by atoms with Crippen LogP contribution in [0.5, 0.6) is 0 Å².